The average Bonchev–Trinajstić information content (AvgIpc) is 2.84. The van der Waals surface area contributed by atoms with Gasteiger partial charge >= 0.3 is 12.3 Å². The lowest BCUT2D eigenvalue weighted by Gasteiger charge is -2.49. The van der Waals surface area contributed by atoms with E-state index in [1.165, 1.54) is 4.90 Å². The van der Waals surface area contributed by atoms with Gasteiger partial charge in [0.1, 0.15) is 12.2 Å². The summed E-state index contributed by atoms with van der Waals surface area (Å²) in [4.78, 5) is 19.0. The van der Waals surface area contributed by atoms with Crippen LogP contribution in [0.3, 0.4) is 0 Å². The van der Waals surface area contributed by atoms with Crippen molar-refractivity contribution >= 4 is 43.4 Å². The number of piperazine rings is 1. The number of halogens is 4. The van der Waals surface area contributed by atoms with Crippen LogP contribution in [0.15, 0.2) is 39.8 Å². The standard InChI is InChI=1S/C24H28BrF3N4O6S/c1-23(2,3)38-22(34)30-6-7-31-17(13-30)14-32(19-11-16(25)4-5-18(19)31)39(35,36)20-10-15(24(26,27)28)12-29-21(20)37-9-8-33/h4-5,10-12,17,33H,6-9,13-14H2,1-3H3/t17-/m0/s1. The fraction of sp³-hybridized carbons (Fsp3) is 0.500. The molecule has 2 aliphatic rings. The predicted molar refractivity (Wildman–Crippen MR) is 139 cm³/mol. The van der Waals surface area contributed by atoms with Gasteiger partial charge in [-0.1, -0.05) is 15.9 Å². The molecule has 1 saturated heterocycles. The summed E-state index contributed by atoms with van der Waals surface area (Å²) < 4.78 is 81.0. The Morgan fingerprint density at radius 3 is 2.51 bits per heavy atom. The number of alkyl halides is 3. The molecule has 0 saturated carbocycles. The van der Waals surface area contributed by atoms with Gasteiger partial charge in [-0.2, -0.15) is 13.2 Å². The molecule has 1 atom stereocenters. The Morgan fingerprint density at radius 2 is 1.87 bits per heavy atom. The minimum atomic E-state index is -4.86. The van der Waals surface area contributed by atoms with Gasteiger partial charge in [0.05, 0.1) is 36.1 Å². The van der Waals surface area contributed by atoms with Crippen molar-refractivity contribution in [2.45, 2.75) is 43.5 Å². The first-order chi connectivity index (χ1) is 18.1. The Labute approximate surface area is 232 Å². The predicted octanol–water partition coefficient (Wildman–Crippen LogP) is 3.87. The molecular weight excluding hydrogens is 609 g/mol. The van der Waals surface area contributed by atoms with Crippen LogP contribution in [0.25, 0.3) is 0 Å². The molecular formula is C24H28BrF3N4O6S. The normalized spacial score (nSPS) is 17.9. The number of amides is 1. The van der Waals surface area contributed by atoms with E-state index in [1.54, 1.807) is 39.0 Å². The molecule has 1 aromatic carbocycles. The van der Waals surface area contributed by atoms with Gasteiger partial charge in [-0.15, -0.1) is 0 Å². The number of hydrogen-bond acceptors (Lipinski definition) is 8. The van der Waals surface area contributed by atoms with E-state index in [2.05, 4.69) is 20.9 Å². The Kier molecular flexibility index (Phi) is 7.98. The van der Waals surface area contributed by atoms with E-state index in [4.69, 9.17) is 14.6 Å². The topological polar surface area (TPSA) is 113 Å². The third kappa shape index (κ3) is 6.19. The molecule has 214 valence electrons. The zero-order valence-corrected chi connectivity index (χ0v) is 23.8. The number of anilines is 2. The summed E-state index contributed by atoms with van der Waals surface area (Å²) in [7, 11) is -4.67. The molecule has 2 aliphatic heterocycles. The van der Waals surface area contributed by atoms with Gasteiger partial charge in [0.15, 0.2) is 4.90 Å². The summed E-state index contributed by atoms with van der Waals surface area (Å²) in [5.41, 5.74) is -1.20. The molecule has 0 aliphatic carbocycles. The molecule has 3 heterocycles. The molecule has 1 fully saturated rings. The largest absolute Gasteiger partial charge is 0.474 e. The lowest BCUT2D eigenvalue weighted by Crippen LogP contribution is -2.61. The van der Waals surface area contributed by atoms with Crippen molar-refractivity contribution in [1.82, 2.24) is 9.88 Å². The number of fused-ring (bicyclic) bond motifs is 3. The second-order valence-electron chi connectivity index (χ2n) is 10.0. The number of aliphatic hydroxyl groups is 1. The first-order valence-electron chi connectivity index (χ1n) is 12.0. The maximum Gasteiger partial charge on any atom is 0.417 e. The Hall–Kier alpha value is -2.78. The molecule has 1 N–H and O–H groups in total. The van der Waals surface area contributed by atoms with E-state index in [0.717, 1.165) is 4.31 Å². The number of ether oxygens (including phenoxy) is 2. The number of hydrogen-bond donors (Lipinski definition) is 1. The minimum absolute atomic E-state index is 0.130. The second-order valence-corrected chi connectivity index (χ2v) is 12.8. The van der Waals surface area contributed by atoms with Crippen LogP contribution in [-0.2, 0) is 20.9 Å². The van der Waals surface area contributed by atoms with Crippen LogP contribution in [0, 0.1) is 0 Å². The monoisotopic (exact) mass is 636 g/mol. The molecule has 2 aromatic rings. The van der Waals surface area contributed by atoms with Gasteiger partial charge in [0.2, 0.25) is 5.88 Å². The number of sulfonamides is 1. The number of aromatic nitrogens is 1. The van der Waals surface area contributed by atoms with Gasteiger partial charge in [-0.05, 0) is 45.0 Å². The minimum Gasteiger partial charge on any atom is -0.474 e. The quantitative estimate of drug-likeness (QED) is 0.526. The van der Waals surface area contributed by atoms with E-state index in [1.807, 2.05) is 4.90 Å². The molecule has 15 heteroatoms. The number of aliphatic hydroxyl groups excluding tert-OH is 1. The fourth-order valence-electron chi connectivity index (χ4n) is 4.42. The van der Waals surface area contributed by atoms with Crippen molar-refractivity contribution < 1.29 is 41.0 Å². The molecule has 1 amide bonds. The number of pyridine rings is 1. The van der Waals surface area contributed by atoms with Gasteiger partial charge in [-0.3, -0.25) is 4.31 Å². The van der Waals surface area contributed by atoms with E-state index in [-0.39, 0.29) is 25.4 Å². The molecule has 39 heavy (non-hydrogen) atoms. The second kappa shape index (κ2) is 10.7. The van der Waals surface area contributed by atoms with Crippen LogP contribution in [-0.4, -0.2) is 80.5 Å². The first kappa shape index (κ1) is 29.2. The molecule has 10 nitrogen and oxygen atoms in total. The van der Waals surface area contributed by atoms with Crippen molar-refractivity contribution in [3.63, 3.8) is 0 Å². The van der Waals surface area contributed by atoms with Crippen molar-refractivity contribution in [3.8, 4) is 5.88 Å². The maximum absolute atomic E-state index is 14.0. The number of carbonyl (C=O) groups is 1. The van der Waals surface area contributed by atoms with E-state index in [0.29, 0.717) is 35.5 Å². The lowest BCUT2D eigenvalue weighted by atomic mass is 10.1. The molecule has 0 unspecified atom stereocenters. The van der Waals surface area contributed by atoms with Gasteiger partial charge < -0.3 is 24.4 Å². The highest BCUT2D eigenvalue weighted by atomic mass is 79.9. The molecule has 0 bridgehead atoms. The third-order valence-electron chi connectivity index (χ3n) is 6.07. The van der Waals surface area contributed by atoms with Crippen molar-refractivity contribution in [1.29, 1.82) is 0 Å². The van der Waals surface area contributed by atoms with E-state index >= 15 is 0 Å². The van der Waals surface area contributed by atoms with Gasteiger partial charge in [0.25, 0.3) is 10.0 Å². The Balaban J connectivity index is 1.78. The smallest absolute Gasteiger partial charge is 0.417 e. The highest BCUT2D eigenvalue weighted by Gasteiger charge is 2.43. The molecule has 1 aromatic heterocycles. The highest BCUT2D eigenvalue weighted by molar-refractivity contribution is 9.10. The summed E-state index contributed by atoms with van der Waals surface area (Å²) >= 11 is 3.35. The lowest BCUT2D eigenvalue weighted by molar-refractivity contribution is -0.138. The van der Waals surface area contributed by atoms with E-state index in [9.17, 15) is 26.4 Å². The van der Waals surface area contributed by atoms with Crippen molar-refractivity contribution in [2.75, 3.05) is 48.6 Å². The summed E-state index contributed by atoms with van der Waals surface area (Å²) in [6, 6.07) is 4.97. The zero-order valence-electron chi connectivity index (χ0n) is 21.4. The molecule has 4 rings (SSSR count). The van der Waals surface area contributed by atoms with Gasteiger partial charge in [-0.25, -0.2) is 18.2 Å². The zero-order chi connectivity index (χ0) is 28.8. The number of carbonyl (C=O) groups excluding carboxylic acids is 1. The van der Waals surface area contributed by atoms with Crippen LogP contribution in [0.2, 0.25) is 0 Å². The summed E-state index contributed by atoms with van der Waals surface area (Å²) in [5, 5.41) is 9.14. The number of benzene rings is 1. The van der Waals surface area contributed by atoms with Crippen LogP contribution >= 0.6 is 15.9 Å². The maximum atomic E-state index is 14.0. The first-order valence-corrected chi connectivity index (χ1v) is 14.2. The van der Waals surface area contributed by atoms with Crippen LogP contribution in [0.1, 0.15) is 26.3 Å². The van der Waals surface area contributed by atoms with Crippen molar-refractivity contribution in [3.05, 3.63) is 40.5 Å². The SMILES string of the molecule is CC(C)(C)OC(=O)N1CCN2c3ccc(Br)cc3N(S(=O)(=O)c3cc(C(F)(F)F)cnc3OCCO)C[C@@H]2C1. The van der Waals surface area contributed by atoms with Crippen LogP contribution in [0.4, 0.5) is 29.3 Å². The Morgan fingerprint density at radius 1 is 1.15 bits per heavy atom. The number of nitrogens with zero attached hydrogens (tertiary/aromatic N) is 4. The highest BCUT2D eigenvalue weighted by Crippen LogP contribution is 2.43. The third-order valence-corrected chi connectivity index (χ3v) is 8.34. The number of rotatable bonds is 5. The summed E-state index contributed by atoms with van der Waals surface area (Å²) in [6.45, 7) is 5.04. The van der Waals surface area contributed by atoms with E-state index < -0.39 is 56.9 Å². The summed E-state index contributed by atoms with van der Waals surface area (Å²) in [6.07, 6.45) is -4.92. The van der Waals surface area contributed by atoms with Gasteiger partial charge in [0, 0.05) is 30.3 Å². The Bertz CT molecular complexity index is 1350. The van der Waals surface area contributed by atoms with Crippen LogP contribution in [0.5, 0.6) is 5.88 Å². The molecule has 0 spiro atoms. The van der Waals surface area contributed by atoms with Crippen molar-refractivity contribution in [2.24, 2.45) is 0 Å². The molecule has 0 radical (unpaired) electrons. The van der Waals surface area contributed by atoms with Crippen LogP contribution < -0.4 is 13.9 Å². The fourth-order valence-corrected chi connectivity index (χ4v) is 6.39. The average molecular weight is 637 g/mol. The summed E-state index contributed by atoms with van der Waals surface area (Å²) in [5.74, 6) is -0.560.